The molecule has 2 fully saturated rings. The lowest BCUT2D eigenvalue weighted by Gasteiger charge is -2.17. The van der Waals surface area contributed by atoms with E-state index < -0.39 is 4.92 Å². The predicted octanol–water partition coefficient (Wildman–Crippen LogP) is 1.45. The molecule has 1 amide bonds. The molecule has 0 spiro atoms. The summed E-state index contributed by atoms with van der Waals surface area (Å²) in [5.74, 6) is 0.0207. The summed E-state index contributed by atoms with van der Waals surface area (Å²) >= 11 is 0. The average Bonchev–Trinajstić information content (AvgIpc) is 3.14. The Bertz CT molecular complexity index is 528. The molecule has 0 bridgehead atoms. The van der Waals surface area contributed by atoms with Crippen molar-refractivity contribution >= 4 is 17.3 Å². The number of nitrogens with zero attached hydrogens (tertiary/aromatic N) is 2. The number of carbonyl (C=O) groups excluding carboxylic acids is 1. The molecule has 3 rings (SSSR count). The first-order chi connectivity index (χ1) is 9.15. The average molecular weight is 261 g/mol. The van der Waals surface area contributed by atoms with Crippen LogP contribution in [0.25, 0.3) is 0 Å². The van der Waals surface area contributed by atoms with Gasteiger partial charge in [0, 0.05) is 24.7 Å². The number of non-ortho nitro benzene ring substituents is 1. The summed E-state index contributed by atoms with van der Waals surface area (Å²) < 4.78 is 0. The van der Waals surface area contributed by atoms with Crippen molar-refractivity contribution in [1.82, 2.24) is 5.32 Å². The summed E-state index contributed by atoms with van der Waals surface area (Å²) in [6.45, 7) is 0.615. The van der Waals surface area contributed by atoms with Gasteiger partial charge in [-0.2, -0.15) is 0 Å². The van der Waals surface area contributed by atoms with Gasteiger partial charge in [-0.05, 0) is 25.3 Å². The van der Waals surface area contributed by atoms with Crippen LogP contribution < -0.4 is 10.2 Å². The molecule has 1 heterocycles. The second kappa shape index (κ2) is 4.62. The topological polar surface area (TPSA) is 75.5 Å². The molecule has 0 aromatic heterocycles. The van der Waals surface area contributed by atoms with Gasteiger partial charge < -0.3 is 10.2 Å². The van der Waals surface area contributed by atoms with Crippen molar-refractivity contribution in [3.05, 3.63) is 34.4 Å². The molecule has 19 heavy (non-hydrogen) atoms. The van der Waals surface area contributed by atoms with E-state index in [0.29, 0.717) is 18.3 Å². The molecule has 6 nitrogen and oxygen atoms in total. The van der Waals surface area contributed by atoms with Crippen LogP contribution in [-0.4, -0.2) is 29.5 Å². The van der Waals surface area contributed by atoms with Crippen molar-refractivity contribution in [3.8, 4) is 0 Å². The van der Waals surface area contributed by atoms with Crippen LogP contribution in [0.2, 0.25) is 0 Å². The van der Waals surface area contributed by atoms with Crippen LogP contribution in [-0.2, 0) is 4.79 Å². The molecule has 1 unspecified atom stereocenters. The second-order valence-electron chi connectivity index (χ2n) is 5.05. The molecule has 1 N–H and O–H groups in total. The number of rotatable bonds is 4. The zero-order chi connectivity index (χ0) is 13.4. The van der Waals surface area contributed by atoms with E-state index in [1.807, 2.05) is 0 Å². The maximum Gasteiger partial charge on any atom is 0.271 e. The van der Waals surface area contributed by atoms with Gasteiger partial charge in [0.05, 0.1) is 16.7 Å². The lowest BCUT2D eigenvalue weighted by molar-refractivity contribution is -0.384. The minimum absolute atomic E-state index is 0.0175. The molecule has 1 aromatic rings. The van der Waals surface area contributed by atoms with Gasteiger partial charge in [-0.3, -0.25) is 14.9 Å². The third-order valence-electron chi connectivity index (χ3n) is 3.57. The zero-order valence-corrected chi connectivity index (χ0v) is 10.4. The van der Waals surface area contributed by atoms with Gasteiger partial charge in [0.15, 0.2) is 0 Å². The van der Waals surface area contributed by atoms with E-state index in [-0.39, 0.29) is 17.6 Å². The van der Waals surface area contributed by atoms with Crippen LogP contribution in [0.3, 0.4) is 0 Å². The lowest BCUT2D eigenvalue weighted by atomic mass is 10.2. The van der Waals surface area contributed by atoms with Gasteiger partial charge in [-0.25, -0.2) is 0 Å². The first-order valence-electron chi connectivity index (χ1n) is 6.47. The SMILES string of the molecule is O=C1C(NC2CC2)CCN1c1cccc([N+](=O)[O-])c1. The van der Waals surface area contributed by atoms with Crippen LogP contribution in [0.1, 0.15) is 19.3 Å². The Morgan fingerprint density at radius 1 is 1.32 bits per heavy atom. The fraction of sp³-hybridized carbons (Fsp3) is 0.462. The number of anilines is 1. The molecule has 2 aliphatic rings. The largest absolute Gasteiger partial charge is 0.311 e. The summed E-state index contributed by atoms with van der Waals surface area (Å²) in [5.41, 5.74) is 0.628. The Morgan fingerprint density at radius 2 is 2.11 bits per heavy atom. The Balaban J connectivity index is 1.76. The monoisotopic (exact) mass is 261 g/mol. The van der Waals surface area contributed by atoms with Crippen molar-refractivity contribution in [2.75, 3.05) is 11.4 Å². The Labute approximate surface area is 110 Å². The molecule has 0 radical (unpaired) electrons. The number of nitro benzene ring substituents is 1. The molecular weight excluding hydrogens is 246 g/mol. The number of amides is 1. The number of carbonyl (C=O) groups is 1. The summed E-state index contributed by atoms with van der Waals surface area (Å²) in [6, 6.07) is 6.60. The molecule has 100 valence electrons. The minimum atomic E-state index is -0.440. The molecule has 1 aliphatic carbocycles. The van der Waals surface area contributed by atoms with E-state index in [4.69, 9.17) is 0 Å². The normalized spacial score (nSPS) is 22.8. The first-order valence-corrected chi connectivity index (χ1v) is 6.47. The van der Waals surface area contributed by atoms with Gasteiger partial charge in [-0.15, -0.1) is 0 Å². The van der Waals surface area contributed by atoms with E-state index in [2.05, 4.69) is 5.32 Å². The van der Waals surface area contributed by atoms with E-state index in [9.17, 15) is 14.9 Å². The second-order valence-corrected chi connectivity index (χ2v) is 5.05. The molecule has 1 atom stereocenters. The van der Waals surface area contributed by atoms with E-state index in [1.165, 1.54) is 12.1 Å². The van der Waals surface area contributed by atoms with Gasteiger partial charge in [0.2, 0.25) is 5.91 Å². The smallest absolute Gasteiger partial charge is 0.271 e. The fourth-order valence-corrected chi connectivity index (χ4v) is 2.40. The molecular formula is C13H15N3O3. The summed E-state index contributed by atoms with van der Waals surface area (Å²) in [4.78, 5) is 24.2. The number of benzene rings is 1. The van der Waals surface area contributed by atoms with Crippen molar-refractivity contribution in [1.29, 1.82) is 0 Å². The van der Waals surface area contributed by atoms with Gasteiger partial charge in [0.25, 0.3) is 5.69 Å². The maximum absolute atomic E-state index is 12.2. The summed E-state index contributed by atoms with van der Waals surface area (Å²) in [5, 5.41) is 14.1. The van der Waals surface area contributed by atoms with E-state index in [1.54, 1.807) is 17.0 Å². The highest BCUT2D eigenvalue weighted by molar-refractivity contribution is 5.99. The predicted molar refractivity (Wildman–Crippen MR) is 70.0 cm³/mol. The highest BCUT2D eigenvalue weighted by Crippen LogP contribution is 2.27. The van der Waals surface area contributed by atoms with Crippen molar-refractivity contribution in [2.24, 2.45) is 0 Å². The Morgan fingerprint density at radius 3 is 2.79 bits per heavy atom. The Hall–Kier alpha value is -1.95. The van der Waals surface area contributed by atoms with Gasteiger partial charge >= 0.3 is 0 Å². The zero-order valence-electron chi connectivity index (χ0n) is 10.4. The standard InChI is InChI=1S/C13H15N3O3/c17-13-12(14-9-4-5-9)6-7-15(13)10-2-1-3-11(8-10)16(18)19/h1-3,8-9,12,14H,4-7H2. The highest BCUT2D eigenvalue weighted by Gasteiger charge is 2.36. The molecule has 1 saturated carbocycles. The van der Waals surface area contributed by atoms with Crippen molar-refractivity contribution in [3.63, 3.8) is 0 Å². The number of nitro groups is 1. The first kappa shape index (κ1) is 12.1. The van der Waals surface area contributed by atoms with Crippen LogP contribution in [0, 0.1) is 10.1 Å². The van der Waals surface area contributed by atoms with Gasteiger partial charge in [0.1, 0.15) is 0 Å². The van der Waals surface area contributed by atoms with Crippen molar-refractivity contribution < 1.29 is 9.72 Å². The van der Waals surface area contributed by atoms with E-state index >= 15 is 0 Å². The third kappa shape index (κ3) is 2.44. The van der Waals surface area contributed by atoms with E-state index in [0.717, 1.165) is 19.3 Å². The Kier molecular flexibility index (Phi) is 2.94. The lowest BCUT2D eigenvalue weighted by Crippen LogP contribution is -2.39. The number of nitrogens with one attached hydrogen (secondary N) is 1. The van der Waals surface area contributed by atoms with Crippen LogP contribution in [0.4, 0.5) is 11.4 Å². The third-order valence-corrected chi connectivity index (χ3v) is 3.57. The summed E-state index contributed by atoms with van der Waals surface area (Å²) in [6.07, 6.45) is 3.04. The highest BCUT2D eigenvalue weighted by atomic mass is 16.6. The van der Waals surface area contributed by atoms with Gasteiger partial charge in [-0.1, -0.05) is 6.07 Å². The molecule has 6 heteroatoms. The van der Waals surface area contributed by atoms with Crippen LogP contribution >= 0.6 is 0 Å². The molecule has 1 saturated heterocycles. The minimum Gasteiger partial charge on any atom is -0.311 e. The quantitative estimate of drug-likeness (QED) is 0.657. The maximum atomic E-state index is 12.2. The molecule has 1 aromatic carbocycles. The number of hydrogen-bond acceptors (Lipinski definition) is 4. The van der Waals surface area contributed by atoms with Crippen molar-refractivity contribution in [2.45, 2.75) is 31.3 Å². The number of hydrogen-bond donors (Lipinski definition) is 1. The van der Waals surface area contributed by atoms with Crippen LogP contribution in [0.15, 0.2) is 24.3 Å². The van der Waals surface area contributed by atoms with Crippen LogP contribution in [0.5, 0.6) is 0 Å². The summed E-state index contributed by atoms with van der Waals surface area (Å²) in [7, 11) is 0. The fourth-order valence-electron chi connectivity index (χ4n) is 2.40. The molecule has 1 aliphatic heterocycles.